The summed E-state index contributed by atoms with van der Waals surface area (Å²) in [5.74, 6) is 0.676. The van der Waals surface area contributed by atoms with Crippen LogP contribution in [-0.2, 0) is 4.79 Å². The Hall–Kier alpha value is -1.30. The topological polar surface area (TPSA) is 70.6 Å². The monoisotopic (exact) mass is 356 g/mol. The van der Waals surface area contributed by atoms with Gasteiger partial charge < -0.3 is 20.5 Å². The predicted octanol–water partition coefficient (Wildman–Crippen LogP) is 2.58. The van der Waals surface area contributed by atoms with Crippen LogP contribution >= 0.6 is 12.4 Å². The average molecular weight is 357 g/mol. The first-order chi connectivity index (χ1) is 10.9. The Labute approximate surface area is 150 Å². The molecule has 1 fully saturated rings. The first-order valence-electron chi connectivity index (χ1n) is 8.39. The molecule has 6 heteroatoms. The van der Waals surface area contributed by atoms with Gasteiger partial charge in [-0.1, -0.05) is 12.1 Å². The SMILES string of the molecule is CC(C)Oc1cccc(C(O)CNC(=O)C2(C)CCCCN2)c1.Cl. The van der Waals surface area contributed by atoms with Crippen LogP contribution in [0.4, 0.5) is 0 Å². The zero-order chi connectivity index (χ0) is 16.9. The summed E-state index contributed by atoms with van der Waals surface area (Å²) in [5, 5.41) is 16.5. The lowest BCUT2D eigenvalue weighted by Crippen LogP contribution is -2.57. The molecule has 1 aliphatic rings. The van der Waals surface area contributed by atoms with E-state index in [-0.39, 0.29) is 31.0 Å². The van der Waals surface area contributed by atoms with Crippen molar-refractivity contribution in [1.82, 2.24) is 10.6 Å². The largest absolute Gasteiger partial charge is 0.491 e. The van der Waals surface area contributed by atoms with E-state index in [1.807, 2.05) is 45.0 Å². The third-order valence-corrected chi connectivity index (χ3v) is 4.19. The summed E-state index contributed by atoms with van der Waals surface area (Å²) in [7, 11) is 0. The summed E-state index contributed by atoms with van der Waals surface area (Å²) in [4.78, 5) is 12.4. The van der Waals surface area contributed by atoms with Gasteiger partial charge in [-0.25, -0.2) is 0 Å². The number of nitrogens with one attached hydrogen (secondary N) is 2. The Kier molecular flexibility index (Phi) is 8.00. The van der Waals surface area contributed by atoms with Crippen molar-refractivity contribution >= 4 is 18.3 Å². The number of carbonyl (C=O) groups is 1. The van der Waals surface area contributed by atoms with E-state index in [2.05, 4.69) is 10.6 Å². The van der Waals surface area contributed by atoms with E-state index in [9.17, 15) is 9.90 Å². The summed E-state index contributed by atoms with van der Waals surface area (Å²) in [6.07, 6.45) is 2.32. The van der Waals surface area contributed by atoms with E-state index in [0.717, 1.165) is 37.1 Å². The van der Waals surface area contributed by atoms with E-state index in [1.165, 1.54) is 0 Å². The van der Waals surface area contributed by atoms with Crippen LogP contribution in [0.1, 0.15) is 51.7 Å². The number of aliphatic hydroxyl groups excluding tert-OH is 1. The fourth-order valence-corrected chi connectivity index (χ4v) is 2.82. The second-order valence-corrected chi connectivity index (χ2v) is 6.68. The van der Waals surface area contributed by atoms with Crippen LogP contribution in [0.15, 0.2) is 24.3 Å². The summed E-state index contributed by atoms with van der Waals surface area (Å²) < 4.78 is 5.63. The van der Waals surface area contributed by atoms with E-state index in [0.29, 0.717) is 0 Å². The fraction of sp³-hybridized carbons (Fsp3) is 0.611. The number of rotatable bonds is 6. The number of aliphatic hydroxyl groups is 1. The molecule has 1 aromatic rings. The van der Waals surface area contributed by atoms with Gasteiger partial charge >= 0.3 is 0 Å². The van der Waals surface area contributed by atoms with Crippen LogP contribution in [0.2, 0.25) is 0 Å². The van der Waals surface area contributed by atoms with Crippen molar-refractivity contribution in [3.63, 3.8) is 0 Å². The van der Waals surface area contributed by atoms with Crippen LogP contribution < -0.4 is 15.4 Å². The lowest BCUT2D eigenvalue weighted by atomic mass is 9.90. The lowest BCUT2D eigenvalue weighted by molar-refractivity contribution is -0.128. The molecular weight excluding hydrogens is 328 g/mol. The Morgan fingerprint density at radius 3 is 2.79 bits per heavy atom. The van der Waals surface area contributed by atoms with Crippen LogP contribution in [-0.4, -0.2) is 35.7 Å². The zero-order valence-electron chi connectivity index (χ0n) is 14.7. The molecule has 2 rings (SSSR count). The van der Waals surface area contributed by atoms with Gasteiger partial charge in [0.05, 0.1) is 17.7 Å². The smallest absolute Gasteiger partial charge is 0.240 e. The van der Waals surface area contributed by atoms with Gasteiger partial charge in [0.15, 0.2) is 0 Å². The van der Waals surface area contributed by atoms with Crippen LogP contribution in [0.5, 0.6) is 5.75 Å². The van der Waals surface area contributed by atoms with Gasteiger partial charge in [-0.3, -0.25) is 4.79 Å². The Bertz CT molecular complexity index is 531. The van der Waals surface area contributed by atoms with Gasteiger partial charge in [-0.05, 0) is 64.3 Å². The normalized spacial score (nSPS) is 21.7. The van der Waals surface area contributed by atoms with Gasteiger partial charge in [0.1, 0.15) is 5.75 Å². The molecule has 0 aromatic heterocycles. The molecule has 2 unspecified atom stereocenters. The second kappa shape index (κ2) is 9.25. The molecule has 5 nitrogen and oxygen atoms in total. The molecule has 0 radical (unpaired) electrons. The molecule has 0 spiro atoms. The minimum atomic E-state index is -0.748. The van der Waals surface area contributed by atoms with E-state index in [4.69, 9.17) is 4.74 Å². The molecule has 0 saturated carbocycles. The molecule has 0 aliphatic carbocycles. The van der Waals surface area contributed by atoms with Crippen LogP contribution in [0, 0.1) is 0 Å². The highest BCUT2D eigenvalue weighted by molar-refractivity contribution is 5.86. The molecule has 2 atom stereocenters. The number of amides is 1. The third-order valence-electron chi connectivity index (χ3n) is 4.19. The minimum Gasteiger partial charge on any atom is -0.491 e. The molecule has 1 heterocycles. The first kappa shape index (κ1) is 20.7. The second-order valence-electron chi connectivity index (χ2n) is 6.68. The Morgan fingerprint density at radius 2 is 2.17 bits per heavy atom. The summed E-state index contributed by atoms with van der Waals surface area (Å²) in [6.45, 7) is 6.90. The average Bonchev–Trinajstić information content (AvgIpc) is 2.52. The van der Waals surface area contributed by atoms with E-state index < -0.39 is 11.6 Å². The predicted molar refractivity (Wildman–Crippen MR) is 97.7 cm³/mol. The number of hydrogen-bond donors (Lipinski definition) is 3. The highest BCUT2D eigenvalue weighted by atomic mass is 35.5. The molecule has 1 saturated heterocycles. The van der Waals surface area contributed by atoms with Crippen LogP contribution in [0.25, 0.3) is 0 Å². The van der Waals surface area contributed by atoms with Gasteiger partial charge in [-0.15, -0.1) is 12.4 Å². The van der Waals surface area contributed by atoms with Crippen molar-refractivity contribution in [2.24, 2.45) is 0 Å². The van der Waals surface area contributed by atoms with Crippen molar-refractivity contribution in [2.75, 3.05) is 13.1 Å². The molecule has 24 heavy (non-hydrogen) atoms. The molecule has 1 aromatic carbocycles. The molecule has 0 bridgehead atoms. The minimum absolute atomic E-state index is 0. The number of ether oxygens (including phenoxy) is 1. The number of benzene rings is 1. The first-order valence-corrected chi connectivity index (χ1v) is 8.39. The summed E-state index contributed by atoms with van der Waals surface area (Å²) in [6, 6.07) is 7.37. The molecule has 3 N–H and O–H groups in total. The Morgan fingerprint density at radius 1 is 1.42 bits per heavy atom. The molecule has 1 aliphatic heterocycles. The zero-order valence-corrected chi connectivity index (χ0v) is 15.5. The maximum absolute atomic E-state index is 12.4. The van der Waals surface area contributed by atoms with Crippen molar-refractivity contribution in [3.05, 3.63) is 29.8 Å². The van der Waals surface area contributed by atoms with Crippen molar-refractivity contribution in [3.8, 4) is 5.75 Å². The van der Waals surface area contributed by atoms with Gasteiger partial charge in [0.25, 0.3) is 0 Å². The maximum atomic E-state index is 12.4. The van der Waals surface area contributed by atoms with Crippen molar-refractivity contribution < 1.29 is 14.6 Å². The van der Waals surface area contributed by atoms with Crippen molar-refractivity contribution in [1.29, 1.82) is 0 Å². The maximum Gasteiger partial charge on any atom is 0.240 e. The van der Waals surface area contributed by atoms with E-state index in [1.54, 1.807) is 0 Å². The van der Waals surface area contributed by atoms with Crippen molar-refractivity contribution in [2.45, 2.75) is 57.8 Å². The molecule has 136 valence electrons. The summed E-state index contributed by atoms with van der Waals surface area (Å²) in [5.41, 5.74) is 0.214. The number of piperidine rings is 1. The van der Waals surface area contributed by atoms with Gasteiger partial charge in [0, 0.05) is 6.54 Å². The van der Waals surface area contributed by atoms with Gasteiger partial charge in [-0.2, -0.15) is 0 Å². The summed E-state index contributed by atoms with van der Waals surface area (Å²) >= 11 is 0. The highest BCUT2D eigenvalue weighted by Crippen LogP contribution is 2.21. The standard InChI is InChI=1S/C18H28N2O3.ClH/c1-13(2)23-15-8-6-7-14(11-15)16(21)12-19-17(22)18(3)9-4-5-10-20-18;/h6-8,11,13,16,20-21H,4-5,9-10,12H2,1-3H3,(H,19,22);1H. The third kappa shape index (κ3) is 5.65. The Balaban J connectivity index is 0.00000288. The van der Waals surface area contributed by atoms with Crippen LogP contribution in [0.3, 0.4) is 0 Å². The number of carbonyl (C=O) groups excluding carboxylic acids is 1. The molecular formula is C18H29ClN2O3. The fourth-order valence-electron chi connectivity index (χ4n) is 2.82. The lowest BCUT2D eigenvalue weighted by Gasteiger charge is -2.33. The number of hydrogen-bond acceptors (Lipinski definition) is 4. The van der Waals surface area contributed by atoms with E-state index >= 15 is 0 Å². The highest BCUT2D eigenvalue weighted by Gasteiger charge is 2.34. The number of halogens is 1. The quantitative estimate of drug-likeness (QED) is 0.732. The van der Waals surface area contributed by atoms with Gasteiger partial charge in [0.2, 0.25) is 5.91 Å². The molecule has 1 amide bonds.